The van der Waals surface area contributed by atoms with Crippen molar-refractivity contribution >= 4 is 17.1 Å². The van der Waals surface area contributed by atoms with Gasteiger partial charge in [-0.25, -0.2) is 4.98 Å². The fraction of sp³-hybridized carbons (Fsp3) is 0.258. The molecule has 5 aromatic rings. The van der Waals surface area contributed by atoms with Gasteiger partial charge in [-0.15, -0.1) is 0 Å². The lowest BCUT2D eigenvalue weighted by atomic mass is 9.80. The first kappa shape index (κ1) is 27.5. The second-order valence-corrected chi connectivity index (χ2v) is 10.0. The summed E-state index contributed by atoms with van der Waals surface area (Å²) in [6, 6.07) is 25.3. The molecule has 1 saturated heterocycles. The molecule has 3 atom stereocenters. The molecule has 3 aromatic carbocycles. The van der Waals surface area contributed by atoms with Gasteiger partial charge in [-0.1, -0.05) is 54.6 Å². The van der Waals surface area contributed by atoms with Crippen molar-refractivity contribution in [2.75, 3.05) is 26.6 Å². The summed E-state index contributed by atoms with van der Waals surface area (Å²) in [5.74, 6) is 1.40. The van der Waals surface area contributed by atoms with E-state index in [1.807, 2.05) is 78.9 Å². The number of anilines is 1. The van der Waals surface area contributed by atoms with E-state index in [0.717, 1.165) is 16.7 Å². The van der Waals surface area contributed by atoms with Gasteiger partial charge in [0.05, 0.1) is 33.3 Å². The summed E-state index contributed by atoms with van der Waals surface area (Å²) >= 11 is 0. The number of aromatic amines is 1. The smallest absolute Gasteiger partial charge is 0.280 e. The number of nitrogen functional groups attached to an aromatic ring is 1. The minimum absolute atomic E-state index is 0.0284. The monoisotopic (exact) mass is 569 g/mol. The maximum atomic E-state index is 12.3. The number of nitrogens with two attached hydrogens (primary N) is 1. The Morgan fingerprint density at radius 3 is 2.17 bits per heavy atom. The molecule has 1 aliphatic heterocycles. The molecule has 216 valence electrons. The van der Waals surface area contributed by atoms with Crippen molar-refractivity contribution in [3.63, 3.8) is 0 Å². The average Bonchev–Trinajstić information content (AvgIpc) is 3.61. The number of nitrogens with zero attached hydrogens (tertiary/aromatic N) is 3. The van der Waals surface area contributed by atoms with Crippen molar-refractivity contribution in [1.82, 2.24) is 19.5 Å². The Bertz CT molecular complexity index is 1670. The highest BCUT2D eigenvalue weighted by atomic mass is 16.6. The fourth-order valence-corrected chi connectivity index (χ4v) is 5.47. The minimum atomic E-state index is -1.06. The SMILES string of the molecule is COc1ccc(C(OC[C@H]2O[C@@H](n3cnc4c(=O)[nH]c(N)nc43)CC2O)(c2ccccc2)c2ccc(OC)cc2)cc1. The van der Waals surface area contributed by atoms with Gasteiger partial charge in [0, 0.05) is 6.42 Å². The first-order chi connectivity index (χ1) is 20.4. The zero-order valence-corrected chi connectivity index (χ0v) is 23.1. The van der Waals surface area contributed by atoms with Crippen molar-refractivity contribution in [3.05, 3.63) is 112 Å². The van der Waals surface area contributed by atoms with E-state index in [9.17, 15) is 9.90 Å². The molecule has 11 heteroatoms. The molecule has 0 aliphatic carbocycles. The number of imidazole rings is 1. The lowest BCUT2D eigenvalue weighted by Gasteiger charge is -2.37. The maximum Gasteiger partial charge on any atom is 0.280 e. The molecule has 1 unspecified atom stereocenters. The van der Waals surface area contributed by atoms with Crippen LogP contribution in [0.3, 0.4) is 0 Å². The minimum Gasteiger partial charge on any atom is -0.497 e. The summed E-state index contributed by atoms with van der Waals surface area (Å²) in [6.07, 6.45) is -0.452. The lowest BCUT2D eigenvalue weighted by molar-refractivity contribution is -0.0931. The van der Waals surface area contributed by atoms with Gasteiger partial charge in [0.2, 0.25) is 5.95 Å². The van der Waals surface area contributed by atoms with Gasteiger partial charge in [-0.3, -0.25) is 14.3 Å². The third kappa shape index (κ3) is 4.87. The van der Waals surface area contributed by atoms with E-state index in [1.54, 1.807) is 18.8 Å². The van der Waals surface area contributed by atoms with E-state index in [0.29, 0.717) is 11.5 Å². The van der Waals surface area contributed by atoms with Crippen molar-refractivity contribution in [3.8, 4) is 11.5 Å². The van der Waals surface area contributed by atoms with Gasteiger partial charge >= 0.3 is 0 Å². The normalized spacial score (nSPS) is 18.8. The Kier molecular flexibility index (Phi) is 7.38. The summed E-state index contributed by atoms with van der Waals surface area (Å²) in [7, 11) is 3.25. The van der Waals surface area contributed by atoms with Crippen molar-refractivity contribution in [2.24, 2.45) is 0 Å². The predicted octanol–water partition coefficient (Wildman–Crippen LogP) is 3.38. The highest BCUT2D eigenvalue weighted by Crippen LogP contribution is 2.43. The summed E-state index contributed by atoms with van der Waals surface area (Å²) in [6.45, 7) is 0.0490. The molecule has 3 heterocycles. The van der Waals surface area contributed by atoms with Gasteiger partial charge in [0.15, 0.2) is 11.2 Å². The standard InChI is InChI=1S/C31H31N5O6/c1-39-22-12-8-20(9-13-22)31(19-6-4-3-5-7-19,21-10-14-23(40-2)15-11-21)41-17-25-24(37)16-26(42-25)36-18-33-27-28(36)34-30(32)35-29(27)38/h3-15,18,24-26,37H,16-17H2,1-2H3,(H3,32,34,35,38)/t24?,25-,26-/m1/s1. The van der Waals surface area contributed by atoms with Crippen LogP contribution in [0.4, 0.5) is 5.95 Å². The maximum absolute atomic E-state index is 12.3. The summed E-state index contributed by atoms with van der Waals surface area (Å²) in [5.41, 5.74) is 7.31. The molecule has 0 bridgehead atoms. The number of benzene rings is 3. The molecule has 0 radical (unpaired) electrons. The quantitative estimate of drug-likeness (QED) is 0.227. The van der Waals surface area contributed by atoms with E-state index in [2.05, 4.69) is 15.0 Å². The average molecular weight is 570 g/mol. The van der Waals surface area contributed by atoms with Crippen LogP contribution >= 0.6 is 0 Å². The number of aliphatic hydroxyl groups is 1. The van der Waals surface area contributed by atoms with Crippen LogP contribution < -0.4 is 20.8 Å². The molecular weight excluding hydrogens is 538 g/mol. The number of H-pyrrole nitrogens is 1. The zero-order chi connectivity index (χ0) is 29.3. The topological polar surface area (TPSA) is 147 Å². The summed E-state index contributed by atoms with van der Waals surface area (Å²) in [4.78, 5) is 23.1. The van der Waals surface area contributed by atoms with Gasteiger partial charge in [0.25, 0.3) is 5.56 Å². The summed E-state index contributed by atoms with van der Waals surface area (Å²) in [5, 5.41) is 11.1. The third-order valence-corrected chi connectivity index (χ3v) is 7.60. The Morgan fingerprint density at radius 2 is 1.57 bits per heavy atom. The highest BCUT2D eigenvalue weighted by molar-refractivity contribution is 5.70. The van der Waals surface area contributed by atoms with Crippen LogP contribution in [0.15, 0.2) is 90.0 Å². The zero-order valence-electron chi connectivity index (χ0n) is 23.1. The van der Waals surface area contributed by atoms with E-state index >= 15 is 0 Å². The fourth-order valence-electron chi connectivity index (χ4n) is 5.47. The van der Waals surface area contributed by atoms with Gasteiger partial charge in [-0.05, 0) is 41.0 Å². The van der Waals surface area contributed by atoms with Crippen LogP contribution in [-0.4, -0.2) is 57.7 Å². The Balaban J connectivity index is 1.37. The number of aromatic nitrogens is 4. The van der Waals surface area contributed by atoms with Gasteiger partial charge in [0.1, 0.15) is 29.4 Å². The van der Waals surface area contributed by atoms with E-state index in [1.165, 1.54) is 6.33 Å². The van der Waals surface area contributed by atoms with Gasteiger partial charge in [-0.2, -0.15) is 4.98 Å². The van der Waals surface area contributed by atoms with Crippen LogP contribution in [0.5, 0.6) is 11.5 Å². The van der Waals surface area contributed by atoms with E-state index in [4.69, 9.17) is 24.7 Å². The number of fused-ring (bicyclic) bond motifs is 1. The van der Waals surface area contributed by atoms with Gasteiger partial charge < -0.3 is 29.8 Å². The molecule has 0 spiro atoms. The van der Waals surface area contributed by atoms with Crippen molar-refractivity contribution in [2.45, 2.75) is 30.5 Å². The number of methoxy groups -OCH3 is 2. The molecule has 1 aliphatic rings. The Morgan fingerprint density at radius 1 is 0.976 bits per heavy atom. The second-order valence-electron chi connectivity index (χ2n) is 10.0. The molecular formula is C31H31N5O6. The van der Waals surface area contributed by atoms with Crippen LogP contribution in [0.25, 0.3) is 11.2 Å². The van der Waals surface area contributed by atoms with Crippen LogP contribution in [0, 0.1) is 0 Å². The molecule has 42 heavy (non-hydrogen) atoms. The second kappa shape index (κ2) is 11.3. The van der Waals surface area contributed by atoms with E-state index in [-0.39, 0.29) is 30.1 Å². The number of aliphatic hydroxyl groups excluding tert-OH is 1. The molecule has 0 amide bonds. The number of rotatable bonds is 9. The highest BCUT2D eigenvalue weighted by Gasteiger charge is 2.42. The molecule has 6 rings (SSSR count). The number of nitrogens with one attached hydrogen (secondary N) is 1. The van der Waals surface area contributed by atoms with Crippen LogP contribution in [0.2, 0.25) is 0 Å². The first-order valence-electron chi connectivity index (χ1n) is 13.5. The van der Waals surface area contributed by atoms with Crippen molar-refractivity contribution in [1.29, 1.82) is 0 Å². The van der Waals surface area contributed by atoms with Crippen LogP contribution in [-0.2, 0) is 15.1 Å². The number of hydrogen-bond acceptors (Lipinski definition) is 9. The number of hydrogen-bond donors (Lipinski definition) is 3. The molecule has 11 nitrogen and oxygen atoms in total. The molecule has 4 N–H and O–H groups in total. The predicted molar refractivity (Wildman–Crippen MR) is 155 cm³/mol. The molecule has 0 saturated carbocycles. The Hall–Kier alpha value is -4.71. The summed E-state index contributed by atoms with van der Waals surface area (Å²) < 4.78 is 25.6. The largest absolute Gasteiger partial charge is 0.497 e. The van der Waals surface area contributed by atoms with Crippen LogP contribution in [0.1, 0.15) is 29.3 Å². The van der Waals surface area contributed by atoms with E-state index < -0.39 is 29.6 Å². The molecule has 2 aromatic heterocycles. The first-order valence-corrected chi connectivity index (χ1v) is 13.5. The lowest BCUT2D eigenvalue weighted by Crippen LogP contribution is -2.38. The van der Waals surface area contributed by atoms with Crippen molar-refractivity contribution < 1.29 is 24.1 Å². The Labute approximate surface area is 241 Å². The number of ether oxygens (including phenoxy) is 4. The third-order valence-electron chi connectivity index (χ3n) is 7.60. The molecule has 1 fully saturated rings.